The Morgan fingerprint density at radius 3 is 2.43 bits per heavy atom. The monoisotopic (exact) mass is 435 g/mol. The second-order valence-corrected chi connectivity index (χ2v) is 10.1. The summed E-state index contributed by atoms with van der Waals surface area (Å²) in [6.45, 7) is 0. The molecule has 0 heterocycles. The molecule has 2 N–H and O–H groups in total. The van der Waals surface area contributed by atoms with Crippen LogP contribution in [0.15, 0.2) is 42.5 Å². The van der Waals surface area contributed by atoms with Gasteiger partial charge in [-0.1, -0.05) is 35.9 Å². The molecule has 1 fully saturated rings. The first-order valence-corrected chi connectivity index (χ1v) is 10.8. The minimum atomic E-state index is -4.45. The van der Waals surface area contributed by atoms with Gasteiger partial charge in [0.25, 0.3) is 0 Å². The highest BCUT2D eigenvalue weighted by molar-refractivity contribution is 7.92. The summed E-state index contributed by atoms with van der Waals surface area (Å²) < 4.78 is 65.1. The Balaban J connectivity index is 1.74. The Hall–Kier alpha value is -1.35. The molecule has 1 unspecified atom stereocenters. The maximum Gasteiger partial charge on any atom is 0.416 e. The zero-order valence-electron chi connectivity index (χ0n) is 14.9. The van der Waals surface area contributed by atoms with Gasteiger partial charge in [-0.15, -0.1) is 0 Å². The van der Waals surface area contributed by atoms with Gasteiger partial charge in [0, 0.05) is 12.5 Å². The Morgan fingerprint density at radius 1 is 1.18 bits per heavy atom. The van der Waals surface area contributed by atoms with Crippen LogP contribution in [0.2, 0.25) is 0 Å². The number of benzene rings is 1. The highest BCUT2D eigenvalue weighted by Gasteiger charge is 2.42. The molecule has 2 aliphatic rings. The summed E-state index contributed by atoms with van der Waals surface area (Å²) >= 11 is 6.36. The van der Waals surface area contributed by atoms with Crippen LogP contribution in [0.3, 0.4) is 0 Å². The lowest BCUT2D eigenvalue weighted by Gasteiger charge is -2.31. The minimum Gasteiger partial charge on any atom is -0.393 e. The molecule has 154 valence electrons. The summed E-state index contributed by atoms with van der Waals surface area (Å²) in [5.74, 6) is 0. The lowest BCUT2D eigenvalue weighted by atomic mass is 9.94. The van der Waals surface area contributed by atoms with E-state index in [0.717, 1.165) is 12.1 Å². The van der Waals surface area contributed by atoms with E-state index in [0.29, 0.717) is 36.8 Å². The van der Waals surface area contributed by atoms with E-state index in [2.05, 4.69) is 4.72 Å². The fourth-order valence-corrected chi connectivity index (χ4v) is 5.09. The lowest BCUT2D eigenvalue weighted by Crippen LogP contribution is -2.47. The molecule has 3 rings (SSSR count). The van der Waals surface area contributed by atoms with E-state index < -0.39 is 32.1 Å². The second-order valence-electron chi connectivity index (χ2n) is 7.19. The average molecular weight is 436 g/mol. The van der Waals surface area contributed by atoms with Crippen molar-refractivity contribution in [2.45, 2.75) is 54.6 Å². The number of aliphatic hydroxyl groups excluding tert-OH is 1. The summed E-state index contributed by atoms with van der Waals surface area (Å²) in [4.78, 5) is 0. The molecule has 0 aliphatic heterocycles. The number of nitrogens with one attached hydrogen (secondary N) is 1. The third-order valence-electron chi connectivity index (χ3n) is 5.10. The van der Waals surface area contributed by atoms with Gasteiger partial charge in [-0.2, -0.15) is 13.2 Å². The molecule has 1 aromatic rings. The molecule has 0 bridgehead atoms. The number of rotatable bonds is 4. The molecular formula is C19H21ClF3NO3S. The SMILES string of the molecule is O=S(=O)(N[C@H]1CC[C@H](O)CC1)C1(Cl)C=CC(c2cccc(C(F)(F)F)c2)=CC1. The molecule has 0 radical (unpaired) electrons. The number of hydrogen-bond acceptors (Lipinski definition) is 3. The van der Waals surface area contributed by atoms with E-state index in [1.165, 1.54) is 30.4 Å². The molecule has 2 aliphatic carbocycles. The minimum absolute atomic E-state index is 0.0681. The number of halogens is 4. The molecule has 28 heavy (non-hydrogen) atoms. The Kier molecular flexibility index (Phi) is 5.96. The van der Waals surface area contributed by atoms with Gasteiger partial charge in [0.1, 0.15) is 0 Å². The Labute approximate surface area is 167 Å². The van der Waals surface area contributed by atoms with Crippen molar-refractivity contribution in [2.24, 2.45) is 0 Å². The van der Waals surface area contributed by atoms with Gasteiger partial charge in [0.05, 0.1) is 11.7 Å². The molecular weight excluding hydrogens is 415 g/mol. The quantitative estimate of drug-likeness (QED) is 0.696. The molecule has 0 amide bonds. The number of alkyl halides is 4. The summed E-state index contributed by atoms with van der Waals surface area (Å²) in [5, 5.41) is 9.54. The molecule has 0 saturated heterocycles. The summed E-state index contributed by atoms with van der Waals surface area (Å²) in [6, 6.07) is 4.57. The van der Waals surface area contributed by atoms with Gasteiger partial charge in [-0.05, 0) is 55.0 Å². The zero-order chi connectivity index (χ0) is 20.6. The molecule has 1 atom stereocenters. The zero-order valence-corrected chi connectivity index (χ0v) is 16.5. The number of hydrogen-bond donors (Lipinski definition) is 2. The van der Waals surface area contributed by atoms with Crippen molar-refractivity contribution in [2.75, 3.05) is 0 Å². The van der Waals surface area contributed by atoms with Crippen LogP contribution in [0.25, 0.3) is 5.57 Å². The fourth-order valence-electron chi connectivity index (χ4n) is 3.40. The standard InChI is InChI=1S/C19H21ClF3NO3S/c20-18(28(26,27)24-16-4-6-17(25)7-5-16)10-8-13(9-11-18)14-2-1-3-15(12-14)19(21,22)23/h1-3,8-10,12,16-17,24-25H,4-7,11H2/t16-,17-,18?. The Bertz CT molecular complexity index is 890. The van der Waals surface area contributed by atoms with Crippen LogP contribution in [0.4, 0.5) is 13.2 Å². The van der Waals surface area contributed by atoms with Crippen LogP contribution >= 0.6 is 11.6 Å². The van der Waals surface area contributed by atoms with Crippen LogP contribution in [-0.4, -0.2) is 29.9 Å². The molecule has 4 nitrogen and oxygen atoms in total. The predicted molar refractivity (Wildman–Crippen MR) is 102 cm³/mol. The van der Waals surface area contributed by atoms with Crippen molar-refractivity contribution < 1.29 is 26.7 Å². The highest BCUT2D eigenvalue weighted by Crippen LogP contribution is 2.37. The lowest BCUT2D eigenvalue weighted by molar-refractivity contribution is -0.137. The molecule has 1 aromatic carbocycles. The first kappa shape index (κ1) is 21.4. The van der Waals surface area contributed by atoms with Crippen LogP contribution in [0.5, 0.6) is 0 Å². The van der Waals surface area contributed by atoms with Crippen molar-refractivity contribution in [3.8, 4) is 0 Å². The van der Waals surface area contributed by atoms with Gasteiger partial charge in [-0.3, -0.25) is 0 Å². The average Bonchev–Trinajstić information content (AvgIpc) is 2.63. The first-order valence-electron chi connectivity index (χ1n) is 8.96. The van der Waals surface area contributed by atoms with E-state index in [-0.39, 0.29) is 12.5 Å². The van der Waals surface area contributed by atoms with Gasteiger partial charge >= 0.3 is 6.18 Å². The van der Waals surface area contributed by atoms with Crippen LogP contribution in [-0.2, 0) is 16.2 Å². The van der Waals surface area contributed by atoms with Crippen LogP contribution in [0.1, 0.15) is 43.2 Å². The van der Waals surface area contributed by atoms with Crippen molar-refractivity contribution in [1.82, 2.24) is 4.72 Å². The molecule has 0 spiro atoms. The van der Waals surface area contributed by atoms with Gasteiger partial charge < -0.3 is 5.11 Å². The van der Waals surface area contributed by atoms with E-state index in [1.54, 1.807) is 0 Å². The topological polar surface area (TPSA) is 66.4 Å². The highest BCUT2D eigenvalue weighted by atomic mass is 35.5. The third-order valence-corrected chi connectivity index (χ3v) is 7.83. The maximum absolute atomic E-state index is 12.9. The van der Waals surface area contributed by atoms with Crippen molar-refractivity contribution in [3.05, 3.63) is 53.6 Å². The van der Waals surface area contributed by atoms with Crippen molar-refractivity contribution in [1.29, 1.82) is 0 Å². The van der Waals surface area contributed by atoms with Crippen molar-refractivity contribution >= 4 is 27.2 Å². The second kappa shape index (κ2) is 7.82. The van der Waals surface area contributed by atoms with Gasteiger partial charge in [-0.25, -0.2) is 13.1 Å². The van der Waals surface area contributed by atoms with E-state index >= 15 is 0 Å². The summed E-state index contributed by atoms with van der Waals surface area (Å²) in [7, 11) is -3.91. The molecule has 9 heteroatoms. The van der Waals surface area contributed by atoms with E-state index in [1.807, 2.05) is 0 Å². The van der Waals surface area contributed by atoms with E-state index in [4.69, 9.17) is 11.6 Å². The molecule has 1 saturated carbocycles. The number of aliphatic hydroxyl groups is 1. The largest absolute Gasteiger partial charge is 0.416 e. The van der Waals surface area contributed by atoms with Crippen molar-refractivity contribution in [3.63, 3.8) is 0 Å². The summed E-state index contributed by atoms with van der Waals surface area (Å²) in [6.07, 6.45) is 1.47. The van der Waals surface area contributed by atoms with Gasteiger partial charge in [0.2, 0.25) is 10.0 Å². The summed E-state index contributed by atoms with van der Waals surface area (Å²) in [5.41, 5.74) is 0.0607. The maximum atomic E-state index is 12.9. The first-order chi connectivity index (χ1) is 13.0. The third kappa shape index (κ3) is 4.62. The number of sulfonamides is 1. The van der Waals surface area contributed by atoms with Crippen LogP contribution in [0, 0.1) is 0 Å². The fraction of sp³-hybridized carbons (Fsp3) is 0.474. The van der Waals surface area contributed by atoms with Crippen LogP contribution < -0.4 is 4.72 Å². The molecule has 0 aromatic heterocycles. The number of allylic oxidation sites excluding steroid dienone is 3. The predicted octanol–water partition coefficient (Wildman–Crippen LogP) is 4.21. The van der Waals surface area contributed by atoms with Gasteiger partial charge in [0.15, 0.2) is 4.21 Å². The Morgan fingerprint density at radius 2 is 1.86 bits per heavy atom. The normalized spacial score (nSPS) is 28.8. The van der Waals surface area contributed by atoms with E-state index in [9.17, 15) is 26.7 Å². The smallest absolute Gasteiger partial charge is 0.393 e.